The third kappa shape index (κ3) is 3.84. The third-order valence-corrected chi connectivity index (χ3v) is 4.75. The molecule has 28 heavy (non-hydrogen) atoms. The molecular formula is C22H18N4O2. The molecule has 1 fully saturated rings. The summed E-state index contributed by atoms with van der Waals surface area (Å²) < 4.78 is 0. The van der Waals surface area contributed by atoms with E-state index >= 15 is 0 Å². The lowest BCUT2D eigenvalue weighted by Gasteiger charge is -2.28. The molecule has 6 nitrogen and oxygen atoms in total. The lowest BCUT2D eigenvalue weighted by atomic mass is 10.0. The SMILES string of the molecule is O=[N+]([O-])c1cccnc1N1CCC(=CC#Cc2cnc3ccccc3c2)CC1. The molecule has 3 heterocycles. The molecule has 0 radical (unpaired) electrons. The zero-order valence-electron chi connectivity index (χ0n) is 15.2. The Morgan fingerprint density at radius 1 is 1.11 bits per heavy atom. The molecule has 1 saturated heterocycles. The summed E-state index contributed by atoms with van der Waals surface area (Å²) in [6.45, 7) is 1.39. The highest BCUT2D eigenvalue weighted by molar-refractivity contribution is 5.79. The monoisotopic (exact) mass is 370 g/mol. The van der Waals surface area contributed by atoms with Gasteiger partial charge in [-0.05, 0) is 37.1 Å². The summed E-state index contributed by atoms with van der Waals surface area (Å²) in [7, 11) is 0. The Bertz CT molecular complexity index is 1120. The van der Waals surface area contributed by atoms with Gasteiger partial charge in [0.2, 0.25) is 5.82 Å². The molecule has 2 aromatic heterocycles. The van der Waals surface area contributed by atoms with Crippen molar-refractivity contribution in [3.05, 3.63) is 82.2 Å². The first-order chi connectivity index (χ1) is 13.7. The minimum absolute atomic E-state index is 0.0542. The summed E-state index contributed by atoms with van der Waals surface area (Å²) in [6.07, 6.45) is 6.98. The van der Waals surface area contributed by atoms with Crippen molar-refractivity contribution < 1.29 is 4.92 Å². The topological polar surface area (TPSA) is 72.2 Å². The van der Waals surface area contributed by atoms with Gasteiger partial charge in [-0.15, -0.1) is 0 Å². The zero-order chi connectivity index (χ0) is 19.3. The van der Waals surface area contributed by atoms with Crippen LogP contribution in [0.3, 0.4) is 0 Å². The molecule has 0 spiro atoms. The number of aromatic nitrogens is 2. The molecule has 0 atom stereocenters. The average molecular weight is 370 g/mol. The highest BCUT2D eigenvalue weighted by Crippen LogP contribution is 2.28. The van der Waals surface area contributed by atoms with E-state index in [0.29, 0.717) is 18.9 Å². The fourth-order valence-electron chi connectivity index (χ4n) is 3.29. The minimum atomic E-state index is -0.378. The summed E-state index contributed by atoms with van der Waals surface area (Å²) in [5, 5.41) is 12.3. The standard InChI is InChI=1S/C22H18N4O2/c27-26(28)21-9-4-12-23-22(21)25-13-10-17(11-14-25)5-3-6-18-15-19-7-1-2-8-20(19)24-16-18/h1-2,4-5,7-9,12,15-16H,10-11,13-14H2. The second kappa shape index (κ2) is 7.89. The third-order valence-electron chi connectivity index (χ3n) is 4.75. The smallest absolute Gasteiger partial charge is 0.311 e. The van der Waals surface area contributed by atoms with Gasteiger partial charge in [-0.25, -0.2) is 4.98 Å². The van der Waals surface area contributed by atoms with Crippen LogP contribution < -0.4 is 4.90 Å². The van der Waals surface area contributed by atoms with Crippen molar-refractivity contribution in [3.63, 3.8) is 0 Å². The minimum Gasteiger partial charge on any atom is -0.350 e. The van der Waals surface area contributed by atoms with Crippen molar-refractivity contribution in [1.82, 2.24) is 9.97 Å². The molecule has 4 rings (SSSR count). The van der Waals surface area contributed by atoms with Crippen molar-refractivity contribution in [2.75, 3.05) is 18.0 Å². The summed E-state index contributed by atoms with van der Waals surface area (Å²) in [5.41, 5.74) is 3.15. The summed E-state index contributed by atoms with van der Waals surface area (Å²) in [4.78, 5) is 21.4. The fourth-order valence-corrected chi connectivity index (χ4v) is 3.29. The largest absolute Gasteiger partial charge is 0.350 e. The number of piperidine rings is 1. The fraction of sp³-hybridized carbons (Fsp3) is 0.182. The van der Waals surface area contributed by atoms with E-state index in [1.807, 2.05) is 41.3 Å². The number of allylic oxidation sites excluding steroid dienone is 1. The van der Waals surface area contributed by atoms with Crippen molar-refractivity contribution in [2.45, 2.75) is 12.8 Å². The molecule has 0 unspecified atom stereocenters. The average Bonchev–Trinajstić information content (AvgIpc) is 2.74. The summed E-state index contributed by atoms with van der Waals surface area (Å²) in [6, 6.07) is 13.1. The van der Waals surface area contributed by atoms with E-state index in [1.54, 1.807) is 18.5 Å². The van der Waals surface area contributed by atoms with Gasteiger partial charge in [0.15, 0.2) is 0 Å². The lowest BCUT2D eigenvalue weighted by molar-refractivity contribution is -0.384. The first kappa shape index (κ1) is 17.7. The molecule has 6 heteroatoms. The van der Waals surface area contributed by atoms with Crippen LogP contribution >= 0.6 is 0 Å². The van der Waals surface area contributed by atoms with Gasteiger partial charge in [-0.3, -0.25) is 15.1 Å². The van der Waals surface area contributed by atoms with Crippen LogP contribution in [0.1, 0.15) is 18.4 Å². The van der Waals surface area contributed by atoms with Crippen molar-refractivity contribution in [3.8, 4) is 11.8 Å². The van der Waals surface area contributed by atoms with Crippen LogP contribution in [0.2, 0.25) is 0 Å². The molecule has 0 amide bonds. The van der Waals surface area contributed by atoms with Crippen molar-refractivity contribution >= 4 is 22.4 Å². The van der Waals surface area contributed by atoms with Crippen LogP contribution in [0.5, 0.6) is 0 Å². The second-order valence-electron chi connectivity index (χ2n) is 6.58. The number of hydrogen-bond acceptors (Lipinski definition) is 5. The Morgan fingerprint density at radius 3 is 2.75 bits per heavy atom. The lowest BCUT2D eigenvalue weighted by Crippen LogP contribution is -2.31. The Kier molecular flexibility index (Phi) is 4.98. The van der Waals surface area contributed by atoms with Crippen LogP contribution in [0.25, 0.3) is 10.9 Å². The number of para-hydroxylation sites is 1. The van der Waals surface area contributed by atoms with E-state index in [0.717, 1.165) is 29.3 Å². The summed E-state index contributed by atoms with van der Waals surface area (Å²) >= 11 is 0. The highest BCUT2D eigenvalue weighted by Gasteiger charge is 2.23. The van der Waals surface area contributed by atoms with Crippen LogP contribution in [0.4, 0.5) is 11.5 Å². The number of nitrogens with zero attached hydrogens (tertiary/aromatic N) is 4. The molecule has 3 aromatic rings. The predicted octanol–water partition coefficient (Wildman–Crippen LogP) is 4.12. The van der Waals surface area contributed by atoms with E-state index in [9.17, 15) is 10.1 Å². The first-order valence-electron chi connectivity index (χ1n) is 9.09. The molecule has 0 aliphatic carbocycles. The maximum Gasteiger partial charge on any atom is 0.311 e. The number of hydrogen-bond donors (Lipinski definition) is 0. The van der Waals surface area contributed by atoms with Crippen molar-refractivity contribution in [2.24, 2.45) is 0 Å². The predicted molar refractivity (Wildman–Crippen MR) is 109 cm³/mol. The second-order valence-corrected chi connectivity index (χ2v) is 6.58. The quantitative estimate of drug-likeness (QED) is 0.385. The molecule has 0 bridgehead atoms. The molecule has 138 valence electrons. The van der Waals surface area contributed by atoms with Crippen molar-refractivity contribution in [1.29, 1.82) is 0 Å². The maximum atomic E-state index is 11.2. The van der Waals surface area contributed by atoms with Gasteiger partial charge in [0.25, 0.3) is 0 Å². The van der Waals surface area contributed by atoms with E-state index in [2.05, 4.69) is 21.8 Å². The Balaban J connectivity index is 1.44. The maximum absolute atomic E-state index is 11.2. The van der Waals surface area contributed by atoms with E-state index in [1.165, 1.54) is 11.6 Å². The van der Waals surface area contributed by atoms with Gasteiger partial charge in [0, 0.05) is 42.5 Å². The number of rotatable bonds is 2. The molecule has 0 saturated carbocycles. The van der Waals surface area contributed by atoms with Crippen LogP contribution in [0, 0.1) is 22.0 Å². The Labute approximate surface area is 162 Å². The molecule has 0 N–H and O–H groups in total. The van der Waals surface area contributed by atoms with Crippen LogP contribution in [-0.2, 0) is 0 Å². The normalized spacial score (nSPS) is 13.7. The van der Waals surface area contributed by atoms with Gasteiger partial charge in [-0.2, -0.15) is 0 Å². The number of nitro groups is 1. The summed E-state index contributed by atoms with van der Waals surface area (Å²) in [5.74, 6) is 6.72. The van der Waals surface area contributed by atoms with Gasteiger partial charge in [0.05, 0.1) is 10.4 Å². The molecular weight excluding hydrogens is 352 g/mol. The molecule has 1 aromatic carbocycles. The number of anilines is 1. The van der Waals surface area contributed by atoms with Gasteiger partial charge >= 0.3 is 5.69 Å². The Hall–Kier alpha value is -3.72. The van der Waals surface area contributed by atoms with E-state index < -0.39 is 0 Å². The molecule has 1 aliphatic heterocycles. The van der Waals surface area contributed by atoms with E-state index in [-0.39, 0.29) is 10.6 Å². The van der Waals surface area contributed by atoms with Gasteiger partial charge < -0.3 is 4.90 Å². The Morgan fingerprint density at radius 2 is 1.93 bits per heavy atom. The highest BCUT2D eigenvalue weighted by atomic mass is 16.6. The molecule has 1 aliphatic rings. The first-order valence-corrected chi connectivity index (χ1v) is 9.09. The van der Waals surface area contributed by atoms with Gasteiger partial charge in [0.1, 0.15) is 0 Å². The zero-order valence-corrected chi connectivity index (χ0v) is 15.2. The van der Waals surface area contributed by atoms with Gasteiger partial charge in [-0.1, -0.05) is 35.6 Å². The number of fused-ring (bicyclic) bond motifs is 1. The number of pyridine rings is 2. The number of benzene rings is 1. The van der Waals surface area contributed by atoms with E-state index in [4.69, 9.17) is 0 Å². The van der Waals surface area contributed by atoms with Crippen LogP contribution in [-0.4, -0.2) is 28.0 Å². The van der Waals surface area contributed by atoms with Crippen LogP contribution in [0.15, 0.2) is 66.5 Å².